The molecule has 0 bridgehead atoms. The molecule has 0 spiro atoms. The van der Waals surface area contributed by atoms with Crippen LogP contribution >= 0.6 is 0 Å². The van der Waals surface area contributed by atoms with E-state index in [1.165, 1.54) is 0 Å². The molecule has 1 aromatic rings. The van der Waals surface area contributed by atoms with Crippen molar-refractivity contribution in [2.24, 2.45) is 10.2 Å². The Labute approximate surface area is 175 Å². The Bertz CT molecular complexity index is 742. The van der Waals surface area contributed by atoms with Gasteiger partial charge < -0.3 is 24.5 Å². The second-order valence-electron chi connectivity index (χ2n) is 8.54. The van der Waals surface area contributed by atoms with Crippen molar-refractivity contribution in [3.05, 3.63) is 36.2 Å². The third kappa shape index (κ3) is 6.74. The fraction of sp³-hybridized carbons (Fsp3) is 0.571. The number of likely N-dealkylation sites (N-methyl/N-ethyl adjacent to an activating group) is 2. The SMILES string of the molecule is CCN(CCNC(=O)C[N+](C)(C)C)c1ccc(/N=N/C2N(C)C=CN2C)c(C)c1. The van der Waals surface area contributed by atoms with Crippen LogP contribution in [-0.2, 0) is 4.79 Å². The molecule has 0 aromatic heterocycles. The number of hydrogen-bond donors (Lipinski definition) is 1. The molecular weight excluding hydrogens is 366 g/mol. The van der Waals surface area contributed by atoms with E-state index in [1.807, 2.05) is 63.5 Å². The van der Waals surface area contributed by atoms with Gasteiger partial charge in [0.15, 0.2) is 6.54 Å². The van der Waals surface area contributed by atoms with E-state index in [0.717, 1.165) is 30.0 Å². The lowest BCUT2D eigenvalue weighted by Crippen LogP contribution is -2.45. The summed E-state index contributed by atoms with van der Waals surface area (Å²) in [5.74, 6) is 0.0804. The third-order valence-corrected chi connectivity index (χ3v) is 4.78. The number of anilines is 1. The molecule has 0 aliphatic carbocycles. The van der Waals surface area contributed by atoms with Crippen LogP contribution < -0.4 is 10.2 Å². The average molecular weight is 403 g/mol. The zero-order chi connectivity index (χ0) is 21.6. The standard InChI is InChI=1S/C21H35N7O/c1-8-27(12-11-22-20(29)16-28(5,6)7)18-9-10-19(17(2)15-18)23-24-21-25(3)13-14-26(21)4/h9-10,13-15,21H,8,11-12,16H2,1-7H3/p+1/b24-23+. The number of nitrogens with one attached hydrogen (secondary N) is 1. The van der Waals surface area contributed by atoms with Crippen molar-refractivity contribution < 1.29 is 9.28 Å². The van der Waals surface area contributed by atoms with Gasteiger partial charge in [-0.3, -0.25) is 4.79 Å². The highest BCUT2D eigenvalue weighted by atomic mass is 16.2. The highest BCUT2D eigenvalue weighted by molar-refractivity contribution is 5.77. The molecule has 0 radical (unpaired) electrons. The monoisotopic (exact) mass is 402 g/mol. The van der Waals surface area contributed by atoms with E-state index in [1.54, 1.807) is 0 Å². The van der Waals surface area contributed by atoms with Crippen LogP contribution in [-0.4, -0.2) is 87.9 Å². The lowest BCUT2D eigenvalue weighted by molar-refractivity contribution is -0.862. The van der Waals surface area contributed by atoms with Gasteiger partial charge in [-0.25, -0.2) is 0 Å². The first-order chi connectivity index (χ1) is 13.6. The van der Waals surface area contributed by atoms with Crippen molar-refractivity contribution >= 4 is 17.3 Å². The first-order valence-electron chi connectivity index (χ1n) is 10.1. The first-order valence-corrected chi connectivity index (χ1v) is 10.1. The average Bonchev–Trinajstić information content (AvgIpc) is 2.94. The van der Waals surface area contributed by atoms with E-state index >= 15 is 0 Å². The van der Waals surface area contributed by atoms with E-state index in [-0.39, 0.29) is 12.2 Å². The summed E-state index contributed by atoms with van der Waals surface area (Å²) in [6.45, 7) is 6.91. The van der Waals surface area contributed by atoms with Gasteiger partial charge in [-0.1, -0.05) is 0 Å². The molecule has 1 heterocycles. The number of rotatable bonds is 9. The molecule has 1 aromatic carbocycles. The topological polar surface area (TPSA) is 63.5 Å². The molecule has 0 saturated heterocycles. The zero-order valence-corrected chi connectivity index (χ0v) is 18.9. The summed E-state index contributed by atoms with van der Waals surface area (Å²) in [4.78, 5) is 18.3. The molecule has 8 heteroatoms. The van der Waals surface area contributed by atoms with Crippen LogP contribution in [0.15, 0.2) is 40.8 Å². The van der Waals surface area contributed by atoms with Gasteiger partial charge in [0.25, 0.3) is 5.91 Å². The first kappa shape index (κ1) is 22.7. The molecule has 0 atom stereocenters. The van der Waals surface area contributed by atoms with E-state index in [2.05, 4.69) is 46.4 Å². The minimum atomic E-state index is -0.100. The van der Waals surface area contributed by atoms with Crippen molar-refractivity contribution in [1.82, 2.24) is 15.1 Å². The number of carbonyl (C=O) groups is 1. The van der Waals surface area contributed by atoms with E-state index in [0.29, 0.717) is 17.6 Å². The molecular formula is C21H36N7O+. The Morgan fingerprint density at radius 3 is 2.41 bits per heavy atom. The quantitative estimate of drug-likeness (QED) is 0.509. The summed E-state index contributed by atoms with van der Waals surface area (Å²) in [5, 5.41) is 11.9. The Morgan fingerprint density at radius 1 is 1.21 bits per heavy atom. The molecule has 160 valence electrons. The molecule has 2 rings (SSSR count). The molecule has 1 aliphatic rings. The predicted octanol–water partition coefficient (Wildman–Crippen LogP) is 2.36. The molecule has 1 N–H and O–H groups in total. The molecule has 0 unspecified atom stereocenters. The second-order valence-corrected chi connectivity index (χ2v) is 8.54. The third-order valence-electron chi connectivity index (χ3n) is 4.78. The van der Waals surface area contributed by atoms with Crippen LogP contribution in [0.5, 0.6) is 0 Å². The molecule has 1 aliphatic heterocycles. The predicted molar refractivity (Wildman–Crippen MR) is 118 cm³/mol. The summed E-state index contributed by atoms with van der Waals surface area (Å²) in [6.07, 6.45) is 3.87. The van der Waals surface area contributed by atoms with E-state index in [9.17, 15) is 4.79 Å². The van der Waals surface area contributed by atoms with Crippen LogP contribution in [0.25, 0.3) is 0 Å². The number of carbonyl (C=O) groups excluding carboxylic acids is 1. The van der Waals surface area contributed by atoms with Crippen LogP contribution in [0, 0.1) is 6.92 Å². The maximum atomic E-state index is 12.0. The Hall–Kier alpha value is -2.61. The van der Waals surface area contributed by atoms with Crippen molar-refractivity contribution in [2.45, 2.75) is 20.1 Å². The van der Waals surface area contributed by atoms with Gasteiger partial charge in [0.05, 0.1) is 26.8 Å². The van der Waals surface area contributed by atoms with Gasteiger partial charge in [0.1, 0.15) is 0 Å². The number of azo groups is 1. The zero-order valence-electron chi connectivity index (χ0n) is 18.9. The Balaban J connectivity index is 1.95. The second kappa shape index (κ2) is 9.73. The maximum absolute atomic E-state index is 12.0. The fourth-order valence-electron chi connectivity index (χ4n) is 3.16. The fourth-order valence-corrected chi connectivity index (χ4v) is 3.16. The minimum absolute atomic E-state index is 0.0804. The van der Waals surface area contributed by atoms with Crippen LogP contribution in [0.3, 0.4) is 0 Å². The van der Waals surface area contributed by atoms with Crippen LogP contribution in [0.4, 0.5) is 11.4 Å². The Morgan fingerprint density at radius 2 is 1.86 bits per heavy atom. The van der Waals surface area contributed by atoms with Crippen molar-refractivity contribution in [3.63, 3.8) is 0 Å². The van der Waals surface area contributed by atoms with Gasteiger partial charge in [0, 0.05) is 51.8 Å². The summed E-state index contributed by atoms with van der Waals surface area (Å²) in [6, 6.07) is 6.21. The van der Waals surface area contributed by atoms with Crippen molar-refractivity contribution in [1.29, 1.82) is 0 Å². The summed E-state index contributed by atoms with van der Waals surface area (Å²) in [7, 11) is 10.0. The van der Waals surface area contributed by atoms with Gasteiger partial charge >= 0.3 is 0 Å². The summed E-state index contributed by atoms with van der Waals surface area (Å²) in [5.41, 5.74) is 3.08. The number of nitrogens with zero attached hydrogens (tertiary/aromatic N) is 6. The summed E-state index contributed by atoms with van der Waals surface area (Å²) >= 11 is 0. The van der Waals surface area contributed by atoms with Gasteiger partial charge in [0.2, 0.25) is 6.29 Å². The molecule has 0 saturated carbocycles. The van der Waals surface area contributed by atoms with Gasteiger partial charge in [-0.2, -0.15) is 5.11 Å². The highest BCUT2D eigenvalue weighted by Gasteiger charge is 2.19. The molecule has 0 fully saturated rings. The normalized spacial score (nSPS) is 14.9. The van der Waals surface area contributed by atoms with Crippen LogP contribution in [0.2, 0.25) is 0 Å². The van der Waals surface area contributed by atoms with E-state index < -0.39 is 0 Å². The minimum Gasteiger partial charge on any atom is -0.370 e. The maximum Gasteiger partial charge on any atom is 0.275 e. The summed E-state index contributed by atoms with van der Waals surface area (Å²) < 4.78 is 0.626. The largest absolute Gasteiger partial charge is 0.370 e. The van der Waals surface area contributed by atoms with Crippen molar-refractivity contribution in [2.75, 3.05) is 66.3 Å². The van der Waals surface area contributed by atoms with Crippen LogP contribution in [0.1, 0.15) is 12.5 Å². The molecule has 29 heavy (non-hydrogen) atoms. The lowest BCUT2D eigenvalue weighted by Gasteiger charge is -2.25. The smallest absolute Gasteiger partial charge is 0.275 e. The number of benzene rings is 1. The van der Waals surface area contributed by atoms with Gasteiger partial charge in [-0.05, 0) is 37.6 Å². The highest BCUT2D eigenvalue weighted by Crippen LogP contribution is 2.26. The number of quaternary nitrogens is 1. The number of aryl methyl sites for hydroxylation is 1. The lowest BCUT2D eigenvalue weighted by atomic mass is 10.1. The van der Waals surface area contributed by atoms with Crippen molar-refractivity contribution in [3.8, 4) is 0 Å². The Kier molecular flexibility index (Phi) is 7.61. The number of hydrogen-bond acceptors (Lipinski definition) is 6. The molecule has 8 nitrogen and oxygen atoms in total. The number of amides is 1. The van der Waals surface area contributed by atoms with Gasteiger partial charge in [-0.15, -0.1) is 5.11 Å². The molecule has 1 amide bonds. The van der Waals surface area contributed by atoms with E-state index in [4.69, 9.17) is 0 Å².